The van der Waals surface area contributed by atoms with Crippen molar-refractivity contribution in [3.05, 3.63) is 23.8 Å². The molecule has 0 aliphatic heterocycles. The number of nitrogens with one attached hydrogen (secondary N) is 1. The summed E-state index contributed by atoms with van der Waals surface area (Å²) in [6.07, 6.45) is 1.16. The molecule has 0 saturated carbocycles. The first-order valence-corrected chi connectivity index (χ1v) is 7.70. The molecule has 0 aliphatic carbocycles. The maximum absolute atomic E-state index is 5.53. The third-order valence-corrected chi connectivity index (χ3v) is 3.82. The van der Waals surface area contributed by atoms with Gasteiger partial charge in [-0.25, -0.2) is 0 Å². The summed E-state index contributed by atoms with van der Waals surface area (Å²) in [5, 5.41) is 3.41. The van der Waals surface area contributed by atoms with E-state index in [1.165, 1.54) is 5.56 Å². The van der Waals surface area contributed by atoms with Crippen LogP contribution in [-0.4, -0.2) is 45.3 Å². The molecule has 0 radical (unpaired) electrons. The smallest absolute Gasteiger partial charge is 0.127 e. The van der Waals surface area contributed by atoms with Crippen molar-refractivity contribution in [1.82, 2.24) is 10.2 Å². The molecule has 1 unspecified atom stereocenters. The Morgan fingerprint density at radius 2 is 1.90 bits per heavy atom. The fraction of sp³-hybridized carbons (Fsp3) is 0.647. The van der Waals surface area contributed by atoms with E-state index in [1.54, 1.807) is 14.2 Å². The summed E-state index contributed by atoms with van der Waals surface area (Å²) in [5.41, 5.74) is 1.17. The van der Waals surface area contributed by atoms with Crippen molar-refractivity contribution in [2.24, 2.45) is 0 Å². The van der Waals surface area contributed by atoms with Gasteiger partial charge in [0.15, 0.2) is 0 Å². The molecule has 0 amide bonds. The lowest BCUT2D eigenvalue weighted by molar-refractivity contribution is 0.199. The highest BCUT2D eigenvalue weighted by Crippen LogP contribution is 2.30. The van der Waals surface area contributed by atoms with Crippen LogP contribution in [0.25, 0.3) is 0 Å². The molecule has 0 aromatic heterocycles. The van der Waals surface area contributed by atoms with Crippen molar-refractivity contribution in [2.75, 3.05) is 34.4 Å². The van der Waals surface area contributed by atoms with Gasteiger partial charge in [-0.05, 0) is 39.9 Å². The monoisotopic (exact) mass is 294 g/mol. The van der Waals surface area contributed by atoms with Crippen LogP contribution < -0.4 is 14.8 Å². The van der Waals surface area contributed by atoms with Gasteiger partial charge in [-0.15, -0.1) is 0 Å². The Kier molecular flexibility index (Phi) is 7.54. The summed E-state index contributed by atoms with van der Waals surface area (Å²) >= 11 is 0. The highest BCUT2D eigenvalue weighted by Gasteiger charge is 2.19. The minimum Gasteiger partial charge on any atom is -0.497 e. The Balaban J connectivity index is 2.98. The summed E-state index contributed by atoms with van der Waals surface area (Å²) in [6.45, 7) is 8.78. The highest BCUT2D eigenvalue weighted by molar-refractivity contribution is 5.42. The predicted octanol–water partition coefficient (Wildman–Crippen LogP) is 3.08. The van der Waals surface area contributed by atoms with E-state index in [0.717, 1.165) is 31.0 Å². The number of rotatable bonds is 9. The Labute approximate surface area is 129 Å². The van der Waals surface area contributed by atoms with Crippen molar-refractivity contribution < 1.29 is 9.47 Å². The summed E-state index contributed by atoms with van der Waals surface area (Å²) in [6, 6.07) is 6.79. The van der Waals surface area contributed by atoms with Crippen LogP contribution in [0.3, 0.4) is 0 Å². The lowest BCUT2D eigenvalue weighted by atomic mass is 10.0. The molecule has 21 heavy (non-hydrogen) atoms. The SMILES string of the molecule is CCCN(CC(NC)c1ccc(OC)cc1OC)C(C)C. The zero-order valence-electron chi connectivity index (χ0n) is 14.3. The van der Waals surface area contributed by atoms with Crippen LogP contribution in [0.2, 0.25) is 0 Å². The van der Waals surface area contributed by atoms with E-state index in [1.807, 2.05) is 19.2 Å². The number of hydrogen-bond donors (Lipinski definition) is 1. The van der Waals surface area contributed by atoms with Crippen molar-refractivity contribution in [2.45, 2.75) is 39.3 Å². The maximum atomic E-state index is 5.53. The average Bonchev–Trinajstić information content (AvgIpc) is 2.50. The van der Waals surface area contributed by atoms with E-state index in [-0.39, 0.29) is 6.04 Å². The van der Waals surface area contributed by atoms with Crippen LogP contribution in [0.15, 0.2) is 18.2 Å². The Bertz CT molecular complexity index is 421. The number of ether oxygens (including phenoxy) is 2. The molecule has 0 aliphatic rings. The molecular formula is C17H30N2O2. The molecule has 0 spiro atoms. The van der Waals surface area contributed by atoms with Crippen molar-refractivity contribution in [1.29, 1.82) is 0 Å². The van der Waals surface area contributed by atoms with Crippen molar-refractivity contribution in [3.63, 3.8) is 0 Å². The topological polar surface area (TPSA) is 33.7 Å². The minimum absolute atomic E-state index is 0.236. The number of hydrogen-bond acceptors (Lipinski definition) is 4. The molecular weight excluding hydrogens is 264 g/mol. The van der Waals surface area contributed by atoms with E-state index in [0.29, 0.717) is 6.04 Å². The normalized spacial score (nSPS) is 12.8. The molecule has 1 rings (SSSR count). The quantitative estimate of drug-likeness (QED) is 0.759. The number of methoxy groups -OCH3 is 2. The number of nitrogens with zero attached hydrogens (tertiary/aromatic N) is 1. The molecule has 1 aromatic carbocycles. The lowest BCUT2D eigenvalue weighted by Crippen LogP contribution is -2.38. The molecule has 0 bridgehead atoms. The summed E-state index contributed by atoms with van der Waals surface area (Å²) in [5.74, 6) is 1.69. The minimum atomic E-state index is 0.236. The van der Waals surface area contributed by atoms with Crippen LogP contribution in [-0.2, 0) is 0 Å². The fourth-order valence-corrected chi connectivity index (χ4v) is 2.53. The van der Waals surface area contributed by atoms with Crippen LogP contribution >= 0.6 is 0 Å². The van der Waals surface area contributed by atoms with Crippen molar-refractivity contribution in [3.8, 4) is 11.5 Å². The molecule has 0 heterocycles. The van der Waals surface area contributed by atoms with Crippen molar-refractivity contribution >= 4 is 0 Å². The summed E-state index contributed by atoms with van der Waals surface area (Å²) in [4.78, 5) is 2.49. The first-order chi connectivity index (χ1) is 10.1. The second-order valence-electron chi connectivity index (χ2n) is 5.54. The molecule has 120 valence electrons. The van der Waals surface area contributed by atoms with Gasteiger partial charge in [-0.3, -0.25) is 4.90 Å². The second kappa shape index (κ2) is 8.90. The second-order valence-corrected chi connectivity index (χ2v) is 5.54. The number of benzene rings is 1. The predicted molar refractivity (Wildman–Crippen MR) is 88.3 cm³/mol. The lowest BCUT2D eigenvalue weighted by Gasteiger charge is -2.31. The van der Waals surface area contributed by atoms with Gasteiger partial charge in [-0.2, -0.15) is 0 Å². The van der Waals surface area contributed by atoms with E-state index >= 15 is 0 Å². The molecule has 1 atom stereocenters. The summed E-state index contributed by atoms with van der Waals surface area (Å²) in [7, 11) is 5.38. The van der Waals surface area contributed by atoms with Gasteiger partial charge in [0.2, 0.25) is 0 Å². The Hall–Kier alpha value is -1.26. The van der Waals surface area contributed by atoms with E-state index in [4.69, 9.17) is 9.47 Å². The molecule has 0 fully saturated rings. The third-order valence-electron chi connectivity index (χ3n) is 3.82. The molecule has 0 saturated heterocycles. The van der Waals surface area contributed by atoms with Gasteiger partial charge in [0.1, 0.15) is 11.5 Å². The summed E-state index contributed by atoms with van der Waals surface area (Å²) < 4.78 is 10.8. The zero-order chi connectivity index (χ0) is 15.8. The van der Waals surface area contributed by atoms with Crippen LogP contribution in [0.1, 0.15) is 38.8 Å². The zero-order valence-corrected chi connectivity index (χ0v) is 14.3. The van der Waals surface area contributed by atoms with Crippen LogP contribution in [0.5, 0.6) is 11.5 Å². The highest BCUT2D eigenvalue weighted by atomic mass is 16.5. The van der Waals surface area contributed by atoms with E-state index < -0.39 is 0 Å². The average molecular weight is 294 g/mol. The third kappa shape index (κ3) is 4.90. The van der Waals surface area contributed by atoms with Crippen LogP contribution in [0, 0.1) is 0 Å². The van der Waals surface area contributed by atoms with Gasteiger partial charge >= 0.3 is 0 Å². The van der Waals surface area contributed by atoms with Gasteiger partial charge in [-0.1, -0.05) is 13.0 Å². The Morgan fingerprint density at radius 3 is 2.38 bits per heavy atom. The van der Waals surface area contributed by atoms with E-state index in [2.05, 4.69) is 37.1 Å². The van der Waals surface area contributed by atoms with Gasteiger partial charge in [0.05, 0.1) is 14.2 Å². The first kappa shape index (κ1) is 17.8. The van der Waals surface area contributed by atoms with Gasteiger partial charge in [0.25, 0.3) is 0 Å². The van der Waals surface area contributed by atoms with E-state index in [9.17, 15) is 0 Å². The largest absolute Gasteiger partial charge is 0.497 e. The Morgan fingerprint density at radius 1 is 1.19 bits per heavy atom. The number of likely N-dealkylation sites (N-methyl/N-ethyl adjacent to an activating group) is 1. The van der Waals surface area contributed by atoms with Crippen LogP contribution in [0.4, 0.5) is 0 Å². The molecule has 4 nitrogen and oxygen atoms in total. The molecule has 1 aromatic rings. The molecule has 1 N–H and O–H groups in total. The fourth-order valence-electron chi connectivity index (χ4n) is 2.53. The van der Waals surface area contributed by atoms with Gasteiger partial charge in [0, 0.05) is 30.3 Å². The first-order valence-electron chi connectivity index (χ1n) is 7.70. The molecule has 4 heteroatoms. The standard InChI is InChI=1S/C17H30N2O2/c1-7-10-19(13(2)3)12-16(18-4)15-9-8-14(20-5)11-17(15)21-6/h8-9,11,13,16,18H,7,10,12H2,1-6H3. The maximum Gasteiger partial charge on any atom is 0.127 e. The van der Waals surface area contributed by atoms with Gasteiger partial charge < -0.3 is 14.8 Å².